The Morgan fingerprint density at radius 1 is 0.400 bits per heavy atom. The van der Waals surface area contributed by atoms with Crippen molar-refractivity contribution in [2.45, 2.75) is 69.6 Å². The number of hydrogen-bond acceptors (Lipinski definition) is 1. The first-order valence-electron chi connectivity index (χ1n) is 25.5. The summed E-state index contributed by atoms with van der Waals surface area (Å²) in [6.07, 6.45) is 6.41. The van der Waals surface area contributed by atoms with Crippen LogP contribution in [0.4, 0.5) is 17.1 Å². The standard InChI is InChI=1S/C69H59N/c1-68(2,3)53-45-46-54(48-25-8-4-9-26-48)65(47-53)70(63-43-20-17-35-56(63)58-39-23-30-50-29-22-38-55(66(50)58)49-27-10-5-11-28-49)64-44-21-18-36-57(64)59-40-24-42-62-67(59)60-37-16-19-41-61(60)69(62,51-31-12-6-13-32-51)52-33-14-7-15-34-52/h4,6-9,12-26,29-47,49H,5,10-11,27-28H2,1-3H3. The molecule has 2 aliphatic carbocycles. The second kappa shape index (κ2) is 18.0. The van der Waals surface area contributed by atoms with Crippen LogP contribution in [-0.4, -0.2) is 0 Å². The third kappa shape index (κ3) is 7.30. The van der Waals surface area contributed by atoms with Gasteiger partial charge in [0.05, 0.1) is 22.5 Å². The highest BCUT2D eigenvalue weighted by atomic mass is 15.2. The van der Waals surface area contributed by atoms with E-state index in [1.807, 2.05) is 0 Å². The molecule has 1 fully saturated rings. The predicted molar refractivity (Wildman–Crippen MR) is 297 cm³/mol. The van der Waals surface area contributed by atoms with Crippen molar-refractivity contribution in [3.05, 3.63) is 270 Å². The quantitative estimate of drug-likeness (QED) is 0.140. The van der Waals surface area contributed by atoms with Crippen LogP contribution in [0.15, 0.2) is 237 Å². The summed E-state index contributed by atoms with van der Waals surface area (Å²) in [7, 11) is 0. The number of hydrogen-bond donors (Lipinski definition) is 0. The van der Waals surface area contributed by atoms with Crippen molar-refractivity contribution in [2.75, 3.05) is 4.90 Å². The summed E-state index contributed by atoms with van der Waals surface area (Å²) in [5.74, 6) is 0.553. The lowest BCUT2D eigenvalue weighted by molar-refractivity contribution is 0.445. The second-order valence-corrected chi connectivity index (χ2v) is 20.6. The van der Waals surface area contributed by atoms with E-state index in [0.29, 0.717) is 5.92 Å². The van der Waals surface area contributed by atoms with E-state index in [0.717, 1.165) is 17.1 Å². The van der Waals surface area contributed by atoms with Gasteiger partial charge >= 0.3 is 0 Å². The van der Waals surface area contributed by atoms with Gasteiger partial charge in [0.25, 0.3) is 0 Å². The van der Waals surface area contributed by atoms with Gasteiger partial charge in [-0.3, -0.25) is 0 Å². The molecule has 1 nitrogen and oxygen atoms in total. The minimum atomic E-state index is -0.516. The number of anilines is 3. The molecule has 0 unspecified atom stereocenters. The van der Waals surface area contributed by atoms with Crippen molar-refractivity contribution in [1.82, 2.24) is 0 Å². The van der Waals surface area contributed by atoms with Gasteiger partial charge < -0.3 is 4.90 Å². The molecule has 0 saturated heterocycles. The van der Waals surface area contributed by atoms with Crippen LogP contribution >= 0.6 is 0 Å². The zero-order valence-corrected chi connectivity index (χ0v) is 40.6. The van der Waals surface area contributed by atoms with E-state index >= 15 is 0 Å². The van der Waals surface area contributed by atoms with E-state index in [4.69, 9.17) is 0 Å². The molecule has 0 aliphatic heterocycles. The highest BCUT2D eigenvalue weighted by molar-refractivity contribution is 6.06. The largest absolute Gasteiger partial charge is 0.309 e. The van der Waals surface area contributed by atoms with E-state index in [2.05, 4.69) is 262 Å². The molecular weight excluding hydrogens is 843 g/mol. The first kappa shape index (κ1) is 43.5. The summed E-state index contributed by atoms with van der Waals surface area (Å²) in [6.45, 7) is 7.00. The summed E-state index contributed by atoms with van der Waals surface area (Å²) < 4.78 is 0. The Hall–Kier alpha value is -7.74. The topological polar surface area (TPSA) is 3.24 Å². The van der Waals surface area contributed by atoms with Crippen molar-refractivity contribution in [1.29, 1.82) is 0 Å². The van der Waals surface area contributed by atoms with Crippen LogP contribution in [0, 0.1) is 0 Å². The zero-order chi connectivity index (χ0) is 47.2. The zero-order valence-electron chi connectivity index (χ0n) is 40.6. The molecule has 340 valence electrons. The average molecular weight is 902 g/mol. The molecule has 0 heterocycles. The van der Waals surface area contributed by atoms with Gasteiger partial charge in [-0.05, 0) is 114 Å². The molecule has 10 aromatic carbocycles. The molecular formula is C69H59N. The van der Waals surface area contributed by atoms with Crippen molar-refractivity contribution in [3.63, 3.8) is 0 Å². The number of para-hydroxylation sites is 2. The highest BCUT2D eigenvalue weighted by Crippen LogP contribution is 2.60. The molecule has 12 rings (SSSR count). The van der Waals surface area contributed by atoms with E-state index in [1.165, 1.54) is 121 Å². The second-order valence-electron chi connectivity index (χ2n) is 20.6. The predicted octanol–water partition coefficient (Wildman–Crippen LogP) is 19.0. The van der Waals surface area contributed by atoms with Gasteiger partial charge in [0.1, 0.15) is 0 Å². The SMILES string of the molecule is CC(C)(C)c1ccc(-c2ccccc2)c(N(c2ccccc2-c2cccc3c2-c2ccccc2C3(c2ccccc2)c2ccccc2)c2ccccc2-c2cccc3cccc(C4CCCCC4)c23)c1. The fraction of sp³-hybridized carbons (Fsp3) is 0.159. The van der Waals surface area contributed by atoms with E-state index < -0.39 is 5.41 Å². The molecule has 0 atom stereocenters. The Bertz CT molecular complexity index is 3450. The third-order valence-corrected chi connectivity index (χ3v) is 15.5. The van der Waals surface area contributed by atoms with E-state index in [9.17, 15) is 0 Å². The Morgan fingerprint density at radius 2 is 0.914 bits per heavy atom. The summed E-state index contributed by atoms with van der Waals surface area (Å²) in [6, 6.07) is 89.1. The monoisotopic (exact) mass is 901 g/mol. The molecule has 1 saturated carbocycles. The Balaban J connectivity index is 1.17. The van der Waals surface area contributed by atoms with Gasteiger partial charge in [0, 0.05) is 16.7 Å². The Kier molecular flexibility index (Phi) is 11.2. The summed E-state index contributed by atoms with van der Waals surface area (Å²) in [4.78, 5) is 2.62. The fourth-order valence-corrected chi connectivity index (χ4v) is 12.3. The minimum Gasteiger partial charge on any atom is -0.309 e. The third-order valence-electron chi connectivity index (χ3n) is 15.5. The Labute approximate surface area is 414 Å². The molecule has 0 bridgehead atoms. The van der Waals surface area contributed by atoms with Crippen molar-refractivity contribution in [3.8, 4) is 44.5 Å². The average Bonchev–Trinajstić information content (AvgIpc) is 3.73. The molecule has 0 N–H and O–H groups in total. The van der Waals surface area contributed by atoms with Crippen molar-refractivity contribution >= 4 is 27.8 Å². The van der Waals surface area contributed by atoms with E-state index in [1.54, 1.807) is 0 Å². The lowest BCUT2D eigenvalue weighted by atomic mass is 9.67. The first-order valence-corrected chi connectivity index (χ1v) is 25.5. The molecule has 10 aromatic rings. The maximum absolute atomic E-state index is 2.62. The van der Waals surface area contributed by atoms with Gasteiger partial charge in [-0.25, -0.2) is 0 Å². The molecule has 0 radical (unpaired) electrons. The number of nitrogens with zero attached hydrogens (tertiary/aromatic N) is 1. The van der Waals surface area contributed by atoms with Crippen LogP contribution in [0.1, 0.15) is 92.2 Å². The van der Waals surface area contributed by atoms with Crippen molar-refractivity contribution in [2.24, 2.45) is 0 Å². The van der Waals surface area contributed by atoms with Gasteiger partial charge in [-0.15, -0.1) is 0 Å². The van der Waals surface area contributed by atoms with Crippen LogP contribution in [-0.2, 0) is 10.8 Å². The molecule has 0 amide bonds. The Morgan fingerprint density at radius 3 is 1.57 bits per heavy atom. The molecule has 0 spiro atoms. The fourth-order valence-electron chi connectivity index (χ4n) is 12.3. The van der Waals surface area contributed by atoms with Crippen LogP contribution in [0.25, 0.3) is 55.3 Å². The normalized spacial score (nSPS) is 14.3. The minimum absolute atomic E-state index is 0.0959. The number of benzene rings is 10. The van der Waals surface area contributed by atoms with Crippen LogP contribution in [0.3, 0.4) is 0 Å². The van der Waals surface area contributed by atoms with Crippen LogP contribution in [0.5, 0.6) is 0 Å². The molecule has 70 heavy (non-hydrogen) atoms. The molecule has 1 heteroatoms. The molecule has 0 aromatic heterocycles. The lowest BCUT2D eigenvalue weighted by Crippen LogP contribution is -2.28. The van der Waals surface area contributed by atoms with Crippen LogP contribution < -0.4 is 4.90 Å². The summed E-state index contributed by atoms with van der Waals surface area (Å²) in [5.41, 5.74) is 20.6. The number of fused-ring (bicyclic) bond motifs is 4. The lowest BCUT2D eigenvalue weighted by Gasteiger charge is -2.34. The van der Waals surface area contributed by atoms with E-state index in [-0.39, 0.29) is 5.41 Å². The van der Waals surface area contributed by atoms with Gasteiger partial charge in [-0.1, -0.05) is 258 Å². The van der Waals surface area contributed by atoms with Gasteiger partial charge in [0.2, 0.25) is 0 Å². The maximum atomic E-state index is 2.62. The maximum Gasteiger partial charge on any atom is 0.0713 e. The summed E-state index contributed by atoms with van der Waals surface area (Å²) in [5, 5.41) is 2.70. The smallest absolute Gasteiger partial charge is 0.0713 e. The summed E-state index contributed by atoms with van der Waals surface area (Å²) >= 11 is 0. The van der Waals surface area contributed by atoms with Gasteiger partial charge in [-0.2, -0.15) is 0 Å². The van der Waals surface area contributed by atoms with Gasteiger partial charge in [0.15, 0.2) is 0 Å². The number of rotatable bonds is 9. The molecule has 2 aliphatic rings. The highest BCUT2D eigenvalue weighted by Gasteiger charge is 2.47. The first-order chi connectivity index (χ1) is 34.4. The van der Waals surface area contributed by atoms with Crippen LogP contribution in [0.2, 0.25) is 0 Å². The van der Waals surface area contributed by atoms with Crippen molar-refractivity contribution < 1.29 is 0 Å².